The number of rotatable bonds is 3. The number of nitrogens with zero attached hydrogens (tertiary/aromatic N) is 3. The minimum absolute atomic E-state index is 0.0600. The van der Waals surface area contributed by atoms with Crippen molar-refractivity contribution >= 4 is 27.3 Å². The maximum atomic E-state index is 13.4. The van der Waals surface area contributed by atoms with Crippen LogP contribution in [0.3, 0.4) is 0 Å². The van der Waals surface area contributed by atoms with Crippen LogP contribution >= 0.6 is 15.9 Å². The molecule has 2 aliphatic rings. The van der Waals surface area contributed by atoms with Crippen molar-refractivity contribution in [3.63, 3.8) is 0 Å². The standard InChI is InChI=1S/C24H21BrFN3O/c1-28(2)19-10-5-16(6-11-19)24-29-22(20-13-17(25)7-12-23(20)30-24)14-21(27-29)15-3-8-18(26)9-4-15/h3-13,22,24H,14H2,1-2H3/t22-,24+/m0/s1. The van der Waals surface area contributed by atoms with Crippen molar-refractivity contribution in [1.29, 1.82) is 0 Å². The van der Waals surface area contributed by atoms with E-state index in [1.807, 2.05) is 31.2 Å². The molecule has 2 aliphatic heterocycles. The van der Waals surface area contributed by atoms with Crippen molar-refractivity contribution < 1.29 is 9.13 Å². The third kappa shape index (κ3) is 3.35. The van der Waals surface area contributed by atoms with E-state index in [0.29, 0.717) is 0 Å². The molecule has 0 saturated heterocycles. The number of hydrazone groups is 1. The average molecular weight is 466 g/mol. The van der Waals surface area contributed by atoms with Crippen LogP contribution in [0.5, 0.6) is 5.75 Å². The van der Waals surface area contributed by atoms with Crippen molar-refractivity contribution in [1.82, 2.24) is 5.01 Å². The summed E-state index contributed by atoms with van der Waals surface area (Å²) in [7, 11) is 4.05. The van der Waals surface area contributed by atoms with E-state index in [4.69, 9.17) is 9.84 Å². The average Bonchev–Trinajstić information content (AvgIpc) is 3.19. The third-order valence-corrected chi connectivity index (χ3v) is 6.12. The Kier molecular flexibility index (Phi) is 4.74. The molecule has 0 amide bonds. The smallest absolute Gasteiger partial charge is 0.213 e. The van der Waals surface area contributed by atoms with Crippen LogP contribution < -0.4 is 9.64 Å². The Morgan fingerprint density at radius 2 is 1.77 bits per heavy atom. The molecule has 4 nitrogen and oxygen atoms in total. The summed E-state index contributed by atoms with van der Waals surface area (Å²) in [5.41, 5.74) is 5.15. The van der Waals surface area contributed by atoms with Gasteiger partial charge in [0.2, 0.25) is 6.23 Å². The third-order valence-electron chi connectivity index (χ3n) is 5.62. The molecular formula is C24H21BrFN3O. The second kappa shape index (κ2) is 7.43. The van der Waals surface area contributed by atoms with Gasteiger partial charge < -0.3 is 9.64 Å². The van der Waals surface area contributed by atoms with Gasteiger partial charge in [0.05, 0.1) is 11.8 Å². The van der Waals surface area contributed by atoms with E-state index in [0.717, 1.165) is 44.7 Å². The zero-order valence-corrected chi connectivity index (χ0v) is 18.3. The lowest BCUT2D eigenvalue weighted by Crippen LogP contribution is -2.33. The number of hydrogen-bond acceptors (Lipinski definition) is 4. The molecule has 2 atom stereocenters. The van der Waals surface area contributed by atoms with Crippen molar-refractivity contribution in [2.75, 3.05) is 19.0 Å². The highest BCUT2D eigenvalue weighted by molar-refractivity contribution is 9.10. The topological polar surface area (TPSA) is 28.1 Å². The molecule has 0 N–H and O–H groups in total. The van der Waals surface area contributed by atoms with Crippen LogP contribution in [-0.2, 0) is 0 Å². The summed E-state index contributed by atoms with van der Waals surface area (Å²) in [5, 5.41) is 6.97. The Labute approximate surface area is 183 Å². The molecular weight excluding hydrogens is 445 g/mol. The molecule has 3 aromatic carbocycles. The molecule has 30 heavy (non-hydrogen) atoms. The van der Waals surface area contributed by atoms with Gasteiger partial charge in [-0.25, -0.2) is 9.40 Å². The van der Waals surface area contributed by atoms with Crippen LogP contribution in [0.15, 0.2) is 76.3 Å². The highest BCUT2D eigenvalue weighted by atomic mass is 79.9. The van der Waals surface area contributed by atoms with Crippen LogP contribution in [0.25, 0.3) is 0 Å². The fourth-order valence-corrected chi connectivity index (χ4v) is 4.41. The minimum Gasteiger partial charge on any atom is -0.464 e. The minimum atomic E-state index is -0.321. The van der Waals surface area contributed by atoms with Gasteiger partial charge >= 0.3 is 0 Å². The first-order chi connectivity index (χ1) is 14.5. The van der Waals surface area contributed by atoms with Crippen LogP contribution in [0, 0.1) is 5.82 Å². The van der Waals surface area contributed by atoms with E-state index in [9.17, 15) is 4.39 Å². The quantitative estimate of drug-likeness (QED) is 0.482. The SMILES string of the molecule is CN(C)c1ccc([C@H]2Oc3ccc(Br)cc3[C@@H]3CC(c4ccc(F)cc4)=NN23)cc1. The first-order valence-corrected chi connectivity index (χ1v) is 10.6. The number of ether oxygens (including phenoxy) is 1. The van der Waals surface area contributed by atoms with Gasteiger partial charge in [0.25, 0.3) is 0 Å². The zero-order chi connectivity index (χ0) is 20.8. The second-order valence-electron chi connectivity index (χ2n) is 7.79. The van der Waals surface area contributed by atoms with Crippen molar-refractivity contribution in [2.45, 2.75) is 18.7 Å². The number of fused-ring (bicyclic) bond motifs is 3. The number of benzene rings is 3. The molecule has 6 heteroatoms. The summed E-state index contributed by atoms with van der Waals surface area (Å²) < 4.78 is 20.8. The number of halogens is 2. The first-order valence-electron chi connectivity index (χ1n) is 9.85. The fourth-order valence-electron chi connectivity index (χ4n) is 4.03. The summed E-state index contributed by atoms with van der Waals surface area (Å²) in [4.78, 5) is 2.07. The molecule has 0 radical (unpaired) electrons. The number of anilines is 1. The van der Waals surface area contributed by atoms with Crippen LogP contribution in [0.4, 0.5) is 10.1 Å². The molecule has 0 aliphatic carbocycles. The molecule has 0 spiro atoms. The van der Waals surface area contributed by atoms with E-state index < -0.39 is 0 Å². The Balaban J connectivity index is 1.57. The predicted octanol–water partition coefficient (Wildman–Crippen LogP) is 5.90. The lowest BCUT2D eigenvalue weighted by Gasteiger charge is -2.38. The summed E-state index contributed by atoms with van der Waals surface area (Å²) in [6.45, 7) is 0. The van der Waals surface area contributed by atoms with E-state index in [2.05, 4.69) is 51.2 Å². The van der Waals surface area contributed by atoms with Gasteiger partial charge in [0.1, 0.15) is 11.6 Å². The molecule has 152 valence electrons. The van der Waals surface area contributed by atoms with Gasteiger partial charge in [-0.3, -0.25) is 0 Å². The Bertz CT molecular complexity index is 1110. The van der Waals surface area contributed by atoms with Crippen LogP contribution in [0.2, 0.25) is 0 Å². The summed E-state index contributed by atoms with van der Waals surface area (Å²) in [6, 6.07) is 21.1. The van der Waals surface area contributed by atoms with Gasteiger partial charge in [-0.1, -0.05) is 40.2 Å². The van der Waals surface area contributed by atoms with Gasteiger partial charge in [0.15, 0.2) is 0 Å². The largest absolute Gasteiger partial charge is 0.464 e. The van der Waals surface area contributed by atoms with E-state index in [1.54, 1.807) is 12.1 Å². The number of hydrogen-bond donors (Lipinski definition) is 0. The van der Waals surface area contributed by atoms with E-state index in [-0.39, 0.29) is 18.1 Å². The monoisotopic (exact) mass is 465 g/mol. The molecule has 0 unspecified atom stereocenters. The van der Waals surface area contributed by atoms with E-state index >= 15 is 0 Å². The summed E-state index contributed by atoms with van der Waals surface area (Å²) in [6.07, 6.45) is 0.419. The van der Waals surface area contributed by atoms with Crippen LogP contribution in [-0.4, -0.2) is 24.8 Å². The fraction of sp³-hybridized carbons (Fsp3) is 0.208. The van der Waals surface area contributed by atoms with Crippen molar-refractivity contribution in [3.8, 4) is 5.75 Å². The first kappa shape index (κ1) is 19.1. The van der Waals surface area contributed by atoms with E-state index in [1.165, 1.54) is 12.1 Å². The van der Waals surface area contributed by atoms with Gasteiger partial charge in [-0.2, -0.15) is 5.10 Å². The second-order valence-corrected chi connectivity index (χ2v) is 8.71. The molecule has 0 aromatic heterocycles. The zero-order valence-electron chi connectivity index (χ0n) is 16.7. The van der Waals surface area contributed by atoms with Gasteiger partial charge in [-0.15, -0.1) is 0 Å². The molecule has 3 aromatic rings. The molecule has 2 heterocycles. The maximum absolute atomic E-state index is 13.4. The summed E-state index contributed by atoms with van der Waals surface area (Å²) in [5.74, 6) is 0.628. The maximum Gasteiger partial charge on any atom is 0.213 e. The molecule has 0 bridgehead atoms. The normalized spacial score (nSPS) is 19.6. The van der Waals surface area contributed by atoms with Gasteiger partial charge in [0, 0.05) is 41.8 Å². The highest BCUT2D eigenvalue weighted by Crippen LogP contribution is 2.48. The Morgan fingerprint density at radius 3 is 2.47 bits per heavy atom. The molecule has 0 fully saturated rings. The summed E-state index contributed by atoms with van der Waals surface area (Å²) >= 11 is 3.58. The van der Waals surface area contributed by atoms with Crippen molar-refractivity contribution in [3.05, 3.63) is 93.7 Å². The van der Waals surface area contributed by atoms with Crippen molar-refractivity contribution in [2.24, 2.45) is 5.10 Å². The predicted molar refractivity (Wildman–Crippen MR) is 120 cm³/mol. The highest BCUT2D eigenvalue weighted by Gasteiger charge is 2.41. The van der Waals surface area contributed by atoms with Crippen LogP contribution in [0.1, 0.15) is 35.4 Å². The Hall–Kier alpha value is -2.86. The lowest BCUT2D eigenvalue weighted by atomic mass is 9.96. The lowest BCUT2D eigenvalue weighted by molar-refractivity contribution is -0.0190. The molecule has 5 rings (SSSR count). The molecule has 0 saturated carbocycles. The Morgan fingerprint density at radius 1 is 1.03 bits per heavy atom. The van der Waals surface area contributed by atoms with Gasteiger partial charge in [-0.05, 0) is 48.0 Å².